The van der Waals surface area contributed by atoms with Crippen LogP contribution in [-0.4, -0.2) is 26.3 Å². The summed E-state index contributed by atoms with van der Waals surface area (Å²) in [6.45, 7) is 4.63. The van der Waals surface area contributed by atoms with Crippen molar-refractivity contribution in [3.63, 3.8) is 0 Å². The van der Waals surface area contributed by atoms with Crippen LogP contribution in [0, 0.1) is 5.92 Å². The van der Waals surface area contributed by atoms with E-state index in [0.717, 1.165) is 18.4 Å². The SMILES string of the molecule is CCC(n1cnnc1)C12CC(C)CC(C1)N2. The molecule has 4 unspecified atom stereocenters. The van der Waals surface area contributed by atoms with Crippen LogP contribution in [0.3, 0.4) is 0 Å². The molecule has 4 atom stereocenters. The van der Waals surface area contributed by atoms with Crippen molar-refractivity contribution < 1.29 is 0 Å². The quantitative estimate of drug-likeness (QED) is 0.844. The van der Waals surface area contributed by atoms with Gasteiger partial charge in [0.2, 0.25) is 0 Å². The highest BCUT2D eigenvalue weighted by Gasteiger charge is 2.53. The lowest BCUT2D eigenvalue weighted by Gasteiger charge is -2.59. The standard InChI is InChI=1S/C12H20N4/c1-3-11(16-7-13-14-8-16)12-5-9(2)4-10(6-12)15-12/h7-11,15H,3-6H2,1-2H3. The largest absolute Gasteiger partial charge is 0.315 e. The van der Waals surface area contributed by atoms with Crippen molar-refractivity contribution in [3.05, 3.63) is 12.7 Å². The summed E-state index contributed by atoms with van der Waals surface area (Å²) in [6, 6.07) is 1.27. The molecule has 1 N–H and O–H groups in total. The number of hydrogen-bond acceptors (Lipinski definition) is 3. The van der Waals surface area contributed by atoms with E-state index >= 15 is 0 Å². The normalized spacial score (nSPS) is 39.1. The minimum atomic E-state index is 0.319. The van der Waals surface area contributed by atoms with E-state index in [0.29, 0.717) is 11.6 Å². The van der Waals surface area contributed by atoms with Crippen LogP contribution in [0.5, 0.6) is 0 Å². The molecule has 3 fully saturated rings. The maximum Gasteiger partial charge on any atom is 0.119 e. The maximum absolute atomic E-state index is 3.94. The second kappa shape index (κ2) is 3.55. The van der Waals surface area contributed by atoms with Gasteiger partial charge in [-0.05, 0) is 31.6 Å². The third-order valence-corrected chi connectivity index (χ3v) is 4.32. The molecule has 3 aliphatic rings. The van der Waals surface area contributed by atoms with Crippen LogP contribution < -0.4 is 5.32 Å². The minimum Gasteiger partial charge on any atom is -0.315 e. The Morgan fingerprint density at radius 3 is 2.69 bits per heavy atom. The fraction of sp³-hybridized carbons (Fsp3) is 0.833. The molecule has 4 rings (SSSR count). The number of nitrogens with one attached hydrogen (secondary N) is 1. The van der Waals surface area contributed by atoms with Crippen molar-refractivity contribution in [2.45, 2.75) is 57.2 Å². The highest BCUT2D eigenvalue weighted by Crippen LogP contribution is 2.48. The number of rotatable bonds is 3. The van der Waals surface area contributed by atoms with E-state index in [9.17, 15) is 0 Å². The number of fused-ring (bicyclic) bond motifs is 2. The van der Waals surface area contributed by atoms with E-state index in [2.05, 4.69) is 33.9 Å². The van der Waals surface area contributed by atoms with Crippen molar-refractivity contribution in [3.8, 4) is 0 Å². The van der Waals surface area contributed by atoms with Crippen LogP contribution >= 0.6 is 0 Å². The van der Waals surface area contributed by atoms with Gasteiger partial charge in [0, 0.05) is 11.6 Å². The minimum absolute atomic E-state index is 0.319. The van der Waals surface area contributed by atoms with E-state index in [1.54, 1.807) is 0 Å². The van der Waals surface area contributed by atoms with Crippen molar-refractivity contribution in [2.75, 3.05) is 0 Å². The van der Waals surface area contributed by atoms with Gasteiger partial charge < -0.3 is 9.88 Å². The molecule has 16 heavy (non-hydrogen) atoms. The predicted octanol–water partition coefficient (Wildman–Crippen LogP) is 1.76. The summed E-state index contributed by atoms with van der Waals surface area (Å²) in [7, 11) is 0. The molecule has 0 amide bonds. The van der Waals surface area contributed by atoms with Gasteiger partial charge in [-0.25, -0.2) is 0 Å². The number of nitrogens with zero attached hydrogens (tertiary/aromatic N) is 3. The fourth-order valence-corrected chi connectivity index (χ4v) is 3.93. The summed E-state index contributed by atoms with van der Waals surface area (Å²) in [4.78, 5) is 0. The second-order valence-corrected chi connectivity index (χ2v) is 5.58. The first kappa shape index (κ1) is 10.3. The third kappa shape index (κ3) is 1.39. The Balaban J connectivity index is 1.85. The Hall–Kier alpha value is -0.900. The average Bonchev–Trinajstić information content (AvgIpc) is 2.69. The zero-order chi connectivity index (χ0) is 11.2. The fourth-order valence-electron chi connectivity index (χ4n) is 3.93. The molecule has 2 bridgehead atoms. The predicted molar refractivity (Wildman–Crippen MR) is 62.0 cm³/mol. The molecule has 4 nitrogen and oxygen atoms in total. The van der Waals surface area contributed by atoms with Crippen LogP contribution in [-0.2, 0) is 0 Å². The summed E-state index contributed by atoms with van der Waals surface area (Å²) < 4.78 is 2.18. The third-order valence-electron chi connectivity index (χ3n) is 4.32. The van der Waals surface area contributed by atoms with Crippen molar-refractivity contribution in [2.24, 2.45) is 5.92 Å². The summed E-state index contributed by atoms with van der Waals surface area (Å²) in [6.07, 6.45) is 8.83. The van der Waals surface area contributed by atoms with Gasteiger partial charge in [-0.15, -0.1) is 10.2 Å². The van der Waals surface area contributed by atoms with Crippen LogP contribution in [0.15, 0.2) is 12.7 Å². The molecule has 88 valence electrons. The van der Waals surface area contributed by atoms with Gasteiger partial charge >= 0.3 is 0 Å². The van der Waals surface area contributed by atoms with E-state index in [-0.39, 0.29) is 0 Å². The topological polar surface area (TPSA) is 42.7 Å². The molecular weight excluding hydrogens is 200 g/mol. The Bertz CT molecular complexity index is 353. The first-order valence-corrected chi connectivity index (χ1v) is 6.35. The number of aromatic nitrogens is 3. The number of piperidine rings is 1. The molecule has 0 aromatic carbocycles. The van der Waals surface area contributed by atoms with E-state index < -0.39 is 0 Å². The van der Waals surface area contributed by atoms with Gasteiger partial charge in [-0.1, -0.05) is 13.8 Å². The summed E-state index contributed by atoms with van der Waals surface area (Å²) in [5.74, 6) is 0.852. The van der Waals surface area contributed by atoms with Gasteiger partial charge in [0.25, 0.3) is 0 Å². The Morgan fingerprint density at radius 1 is 1.44 bits per heavy atom. The molecule has 4 heteroatoms. The van der Waals surface area contributed by atoms with E-state index in [1.807, 2.05) is 12.7 Å². The van der Waals surface area contributed by atoms with Gasteiger partial charge in [0.05, 0.1) is 6.04 Å². The Morgan fingerprint density at radius 2 is 2.12 bits per heavy atom. The van der Waals surface area contributed by atoms with Gasteiger partial charge in [-0.3, -0.25) is 0 Å². The molecule has 0 spiro atoms. The first-order chi connectivity index (χ1) is 7.73. The lowest BCUT2D eigenvalue weighted by molar-refractivity contribution is -0.00618. The van der Waals surface area contributed by atoms with Gasteiger partial charge in [0.15, 0.2) is 0 Å². The zero-order valence-corrected chi connectivity index (χ0v) is 10.1. The molecule has 2 aliphatic heterocycles. The van der Waals surface area contributed by atoms with Crippen LogP contribution in [0.1, 0.15) is 45.6 Å². The highest BCUT2D eigenvalue weighted by molar-refractivity contribution is 5.13. The Labute approximate surface area is 96.4 Å². The molecular formula is C12H20N4. The first-order valence-electron chi connectivity index (χ1n) is 6.35. The van der Waals surface area contributed by atoms with Crippen molar-refractivity contribution >= 4 is 0 Å². The molecule has 1 saturated carbocycles. The molecule has 1 aromatic heterocycles. The van der Waals surface area contributed by atoms with E-state index in [1.165, 1.54) is 19.3 Å². The van der Waals surface area contributed by atoms with Gasteiger partial charge in [0.1, 0.15) is 12.7 Å². The van der Waals surface area contributed by atoms with Crippen LogP contribution in [0.25, 0.3) is 0 Å². The summed E-state index contributed by atoms with van der Waals surface area (Å²) in [5.41, 5.74) is 0.319. The second-order valence-electron chi connectivity index (χ2n) is 5.58. The Kier molecular flexibility index (Phi) is 2.28. The molecule has 1 aromatic rings. The average molecular weight is 220 g/mol. The monoisotopic (exact) mass is 220 g/mol. The van der Waals surface area contributed by atoms with Gasteiger partial charge in [-0.2, -0.15) is 0 Å². The summed E-state index contributed by atoms with van der Waals surface area (Å²) in [5, 5.41) is 11.7. The lowest BCUT2D eigenvalue weighted by atomic mass is 9.62. The molecule has 3 heterocycles. The van der Waals surface area contributed by atoms with Crippen LogP contribution in [0.2, 0.25) is 0 Å². The molecule has 1 aliphatic carbocycles. The molecule has 2 saturated heterocycles. The maximum atomic E-state index is 3.94. The molecule has 0 radical (unpaired) electrons. The zero-order valence-electron chi connectivity index (χ0n) is 10.1. The van der Waals surface area contributed by atoms with Crippen molar-refractivity contribution in [1.29, 1.82) is 0 Å². The summed E-state index contributed by atoms with van der Waals surface area (Å²) >= 11 is 0. The van der Waals surface area contributed by atoms with E-state index in [4.69, 9.17) is 0 Å². The van der Waals surface area contributed by atoms with Crippen molar-refractivity contribution in [1.82, 2.24) is 20.1 Å². The van der Waals surface area contributed by atoms with Crippen LogP contribution in [0.4, 0.5) is 0 Å². The highest BCUT2D eigenvalue weighted by atomic mass is 15.3. The smallest absolute Gasteiger partial charge is 0.119 e. The lowest BCUT2D eigenvalue weighted by Crippen LogP contribution is -2.71. The number of hydrogen-bond donors (Lipinski definition) is 1.